The number of carbonyl (C=O) groups is 2. The second-order valence-electron chi connectivity index (χ2n) is 5.48. The maximum Gasteiger partial charge on any atom is 0.255 e. The molecule has 2 aromatic rings. The first-order chi connectivity index (χ1) is 11.2. The molecule has 0 radical (unpaired) electrons. The van der Waals surface area contributed by atoms with Crippen LogP contribution < -0.4 is 10.6 Å². The molecule has 0 aliphatic heterocycles. The van der Waals surface area contributed by atoms with Gasteiger partial charge in [0.15, 0.2) is 9.84 Å². The van der Waals surface area contributed by atoms with Gasteiger partial charge in [-0.3, -0.25) is 9.59 Å². The van der Waals surface area contributed by atoms with Crippen LogP contribution in [0.25, 0.3) is 0 Å². The van der Waals surface area contributed by atoms with Crippen LogP contribution in [0.4, 0.5) is 11.4 Å². The van der Waals surface area contributed by atoms with Crippen molar-refractivity contribution in [2.75, 3.05) is 16.9 Å². The third-order valence-corrected chi connectivity index (χ3v) is 3.97. The molecule has 0 saturated heterocycles. The summed E-state index contributed by atoms with van der Waals surface area (Å²) < 4.78 is 22.5. The van der Waals surface area contributed by atoms with E-state index in [0.29, 0.717) is 22.5 Å². The van der Waals surface area contributed by atoms with E-state index in [0.717, 1.165) is 6.26 Å². The van der Waals surface area contributed by atoms with Gasteiger partial charge in [0.2, 0.25) is 5.91 Å². The molecule has 2 amide bonds. The van der Waals surface area contributed by atoms with Gasteiger partial charge in [-0.1, -0.05) is 12.1 Å². The molecular formula is C17H18N2O4S. The lowest BCUT2D eigenvalue weighted by Crippen LogP contribution is -2.12. The van der Waals surface area contributed by atoms with Crippen molar-refractivity contribution in [1.29, 1.82) is 0 Å². The average molecular weight is 346 g/mol. The molecule has 0 bridgehead atoms. The van der Waals surface area contributed by atoms with Gasteiger partial charge in [0.25, 0.3) is 5.91 Å². The topological polar surface area (TPSA) is 92.3 Å². The predicted molar refractivity (Wildman–Crippen MR) is 93.7 cm³/mol. The Kier molecular flexibility index (Phi) is 5.35. The van der Waals surface area contributed by atoms with E-state index >= 15 is 0 Å². The van der Waals surface area contributed by atoms with Gasteiger partial charge in [0, 0.05) is 30.1 Å². The molecule has 0 heterocycles. The van der Waals surface area contributed by atoms with Crippen molar-refractivity contribution < 1.29 is 18.0 Å². The van der Waals surface area contributed by atoms with E-state index in [9.17, 15) is 18.0 Å². The van der Waals surface area contributed by atoms with E-state index in [2.05, 4.69) is 10.6 Å². The van der Waals surface area contributed by atoms with Gasteiger partial charge in [0.1, 0.15) is 0 Å². The molecule has 6 nitrogen and oxygen atoms in total. The smallest absolute Gasteiger partial charge is 0.255 e. The fourth-order valence-electron chi connectivity index (χ4n) is 2.10. The summed E-state index contributed by atoms with van der Waals surface area (Å²) in [7, 11) is -3.10. The van der Waals surface area contributed by atoms with Crippen LogP contribution in [0.15, 0.2) is 48.5 Å². The van der Waals surface area contributed by atoms with Gasteiger partial charge >= 0.3 is 0 Å². The molecule has 7 heteroatoms. The van der Waals surface area contributed by atoms with E-state index in [1.54, 1.807) is 48.5 Å². The number of sulfone groups is 1. The van der Waals surface area contributed by atoms with E-state index < -0.39 is 9.84 Å². The van der Waals surface area contributed by atoms with Crippen molar-refractivity contribution in [3.05, 3.63) is 59.7 Å². The number of nitrogens with one attached hydrogen (secondary N) is 2. The molecule has 0 saturated carbocycles. The summed E-state index contributed by atoms with van der Waals surface area (Å²) in [5, 5.41) is 5.38. The summed E-state index contributed by atoms with van der Waals surface area (Å²) in [4.78, 5) is 23.1. The molecule has 2 rings (SSSR count). The zero-order valence-corrected chi connectivity index (χ0v) is 14.2. The van der Waals surface area contributed by atoms with Gasteiger partial charge in [-0.2, -0.15) is 0 Å². The number of hydrogen-bond donors (Lipinski definition) is 2. The Morgan fingerprint density at radius 2 is 1.38 bits per heavy atom. The van der Waals surface area contributed by atoms with Crippen LogP contribution >= 0.6 is 0 Å². The summed E-state index contributed by atoms with van der Waals surface area (Å²) in [6.45, 7) is 1.42. The van der Waals surface area contributed by atoms with E-state index in [-0.39, 0.29) is 17.6 Å². The van der Waals surface area contributed by atoms with Crippen molar-refractivity contribution in [2.45, 2.75) is 12.7 Å². The van der Waals surface area contributed by atoms with E-state index in [1.165, 1.54) is 6.92 Å². The van der Waals surface area contributed by atoms with E-state index in [4.69, 9.17) is 0 Å². The monoisotopic (exact) mass is 346 g/mol. The number of hydrogen-bond acceptors (Lipinski definition) is 4. The highest BCUT2D eigenvalue weighted by Crippen LogP contribution is 2.15. The molecular weight excluding hydrogens is 328 g/mol. The molecule has 126 valence electrons. The molecule has 0 aliphatic rings. The first-order valence-electron chi connectivity index (χ1n) is 7.18. The quantitative estimate of drug-likeness (QED) is 0.870. The summed E-state index contributed by atoms with van der Waals surface area (Å²) in [5.74, 6) is -0.520. The Balaban J connectivity index is 2.03. The third kappa shape index (κ3) is 5.51. The minimum atomic E-state index is -3.10. The number of rotatable bonds is 5. The molecule has 0 aliphatic carbocycles. The largest absolute Gasteiger partial charge is 0.326 e. The highest BCUT2D eigenvalue weighted by Gasteiger charge is 2.08. The van der Waals surface area contributed by atoms with Crippen LogP contribution in [0.3, 0.4) is 0 Å². The van der Waals surface area contributed by atoms with Crippen molar-refractivity contribution in [3.8, 4) is 0 Å². The number of amides is 2. The predicted octanol–water partition coefficient (Wildman–Crippen LogP) is 2.44. The zero-order chi connectivity index (χ0) is 17.7. The third-order valence-electron chi connectivity index (χ3n) is 3.11. The van der Waals surface area contributed by atoms with Crippen molar-refractivity contribution in [1.82, 2.24) is 0 Å². The molecule has 0 spiro atoms. The fraction of sp³-hybridized carbons (Fsp3) is 0.176. The molecule has 0 unspecified atom stereocenters. The van der Waals surface area contributed by atoms with Crippen LogP contribution in [0.1, 0.15) is 22.8 Å². The zero-order valence-electron chi connectivity index (χ0n) is 13.4. The Hall–Kier alpha value is -2.67. The lowest BCUT2D eigenvalue weighted by atomic mass is 10.1. The standard InChI is InChI=1S/C17H18N2O4S/c1-12(20)18-15-7-9-16(10-8-15)19-17(21)14-5-3-13(4-6-14)11-24(2,22)23/h3-10H,11H2,1-2H3,(H,18,20)(H,19,21). The summed E-state index contributed by atoms with van der Waals surface area (Å²) >= 11 is 0. The second kappa shape index (κ2) is 7.27. The minimum absolute atomic E-state index is 0.0560. The molecule has 2 aromatic carbocycles. The first kappa shape index (κ1) is 17.7. The summed E-state index contributed by atoms with van der Waals surface area (Å²) in [5.41, 5.74) is 2.30. The van der Waals surface area contributed by atoms with Crippen molar-refractivity contribution >= 4 is 33.0 Å². The van der Waals surface area contributed by atoms with Gasteiger partial charge in [0.05, 0.1) is 5.75 Å². The number of benzene rings is 2. The Morgan fingerprint density at radius 3 is 1.83 bits per heavy atom. The Labute approximate surface area is 140 Å². The summed E-state index contributed by atoms with van der Waals surface area (Å²) in [6, 6.07) is 13.1. The average Bonchev–Trinajstić information content (AvgIpc) is 2.48. The normalized spacial score (nSPS) is 10.9. The minimum Gasteiger partial charge on any atom is -0.326 e. The van der Waals surface area contributed by atoms with Crippen LogP contribution in [0.5, 0.6) is 0 Å². The highest BCUT2D eigenvalue weighted by molar-refractivity contribution is 7.89. The van der Waals surface area contributed by atoms with Crippen LogP contribution in [-0.2, 0) is 20.4 Å². The second-order valence-corrected chi connectivity index (χ2v) is 7.62. The van der Waals surface area contributed by atoms with Crippen molar-refractivity contribution in [2.24, 2.45) is 0 Å². The Morgan fingerprint density at radius 1 is 0.875 bits per heavy atom. The SMILES string of the molecule is CC(=O)Nc1ccc(NC(=O)c2ccc(CS(C)(=O)=O)cc2)cc1. The fourth-order valence-corrected chi connectivity index (χ4v) is 2.90. The van der Waals surface area contributed by atoms with Crippen LogP contribution in [0, 0.1) is 0 Å². The van der Waals surface area contributed by atoms with Gasteiger partial charge in [-0.05, 0) is 42.0 Å². The summed E-state index contributed by atoms with van der Waals surface area (Å²) in [6.07, 6.45) is 1.16. The molecule has 0 atom stereocenters. The maximum absolute atomic E-state index is 12.2. The lowest BCUT2D eigenvalue weighted by molar-refractivity contribution is -0.114. The van der Waals surface area contributed by atoms with Gasteiger partial charge in [-0.15, -0.1) is 0 Å². The van der Waals surface area contributed by atoms with E-state index in [1.807, 2.05) is 0 Å². The molecule has 0 aromatic heterocycles. The molecule has 24 heavy (non-hydrogen) atoms. The number of anilines is 2. The van der Waals surface area contributed by atoms with Crippen molar-refractivity contribution in [3.63, 3.8) is 0 Å². The molecule has 2 N–H and O–H groups in total. The highest BCUT2D eigenvalue weighted by atomic mass is 32.2. The first-order valence-corrected chi connectivity index (χ1v) is 9.25. The molecule has 0 fully saturated rings. The maximum atomic E-state index is 12.2. The van der Waals surface area contributed by atoms with Crippen LogP contribution in [-0.4, -0.2) is 26.5 Å². The Bertz CT molecular complexity index is 841. The van der Waals surface area contributed by atoms with Gasteiger partial charge in [-0.25, -0.2) is 8.42 Å². The lowest BCUT2D eigenvalue weighted by Gasteiger charge is -2.07. The number of carbonyl (C=O) groups excluding carboxylic acids is 2. The van der Waals surface area contributed by atoms with Crippen LogP contribution in [0.2, 0.25) is 0 Å². The van der Waals surface area contributed by atoms with Gasteiger partial charge < -0.3 is 10.6 Å².